The standard InChI is InChI=1S/C28H33F5N2O2/c1-17-9-21-13-20(27(36)37-3)5-6-22(21)26(35(17)16-28(2,32)33)25-23(30)11-18(12-24(25)31)10-19-14-34(15-19)8-4-7-29/h5-6,11-13,17,19,26H,4,7-10,14-16H2,1-3H3/t17-,26+/m1/s1. The monoisotopic (exact) mass is 524 g/mol. The van der Waals surface area contributed by atoms with E-state index >= 15 is 8.78 Å². The van der Waals surface area contributed by atoms with E-state index in [-0.39, 0.29) is 18.2 Å². The van der Waals surface area contributed by atoms with Gasteiger partial charge in [-0.1, -0.05) is 6.07 Å². The fourth-order valence-corrected chi connectivity index (χ4v) is 5.67. The summed E-state index contributed by atoms with van der Waals surface area (Å²) < 4.78 is 76.8. The Morgan fingerprint density at radius 2 is 1.81 bits per heavy atom. The minimum atomic E-state index is -3.08. The lowest BCUT2D eigenvalue weighted by Crippen LogP contribution is -2.48. The summed E-state index contributed by atoms with van der Waals surface area (Å²) in [6.45, 7) is 3.66. The van der Waals surface area contributed by atoms with E-state index in [1.165, 1.54) is 30.2 Å². The molecule has 0 aliphatic carbocycles. The first kappa shape index (κ1) is 27.5. The van der Waals surface area contributed by atoms with Crippen molar-refractivity contribution in [3.8, 4) is 0 Å². The van der Waals surface area contributed by atoms with Gasteiger partial charge < -0.3 is 9.64 Å². The number of alkyl halides is 3. The van der Waals surface area contributed by atoms with Crippen molar-refractivity contribution in [3.05, 3.63) is 69.8 Å². The van der Waals surface area contributed by atoms with Crippen LogP contribution in [0.4, 0.5) is 22.0 Å². The number of hydrogen-bond acceptors (Lipinski definition) is 4. The van der Waals surface area contributed by atoms with E-state index in [2.05, 4.69) is 4.90 Å². The average molecular weight is 525 g/mol. The molecule has 4 nitrogen and oxygen atoms in total. The number of rotatable bonds is 9. The Balaban J connectivity index is 1.67. The first-order chi connectivity index (χ1) is 17.5. The number of ether oxygens (including phenoxy) is 1. The SMILES string of the molecule is COC(=O)c1ccc2c(c1)C[C@@H](C)N(CC(C)(F)F)[C@@H]2c1c(F)cc(CC2CN(CCCF)C2)cc1F. The molecule has 2 atom stereocenters. The fraction of sp³-hybridized carbons (Fsp3) is 0.536. The van der Waals surface area contributed by atoms with Crippen LogP contribution in [-0.4, -0.2) is 67.7 Å². The third-order valence-electron chi connectivity index (χ3n) is 7.31. The highest BCUT2D eigenvalue weighted by molar-refractivity contribution is 5.89. The topological polar surface area (TPSA) is 32.8 Å². The second-order valence-electron chi connectivity index (χ2n) is 10.4. The van der Waals surface area contributed by atoms with Gasteiger partial charge >= 0.3 is 5.97 Å². The van der Waals surface area contributed by atoms with Gasteiger partial charge in [0.1, 0.15) is 11.6 Å². The number of carbonyl (C=O) groups is 1. The number of fused-ring (bicyclic) bond motifs is 1. The lowest BCUT2D eigenvalue weighted by Gasteiger charge is -2.43. The molecule has 2 heterocycles. The van der Waals surface area contributed by atoms with Crippen LogP contribution in [0, 0.1) is 17.6 Å². The summed E-state index contributed by atoms with van der Waals surface area (Å²) in [6, 6.07) is 5.74. The van der Waals surface area contributed by atoms with Crippen LogP contribution in [0.15, 0.2) is 30.3 Å². The van der Waals surface area contributed by atoms with Crippen LogP contribution in [0.2, 0.25) is 0 Å². The molecule has 0 bridgehead atoms. The number of methoxy groups -OCH3 is 1. The van der Waals surface area contributed by atoms with Crippen molar-refractivity contribution in [2.75, 3.05) is 40.0 Å². The molecule has 0 aromatic heterocycles. The maximum Gasteiger partial charge on any atom is 0.337 e. The molecule has 0 N–H and O–H groups in total. The summed E-state index contributed by atoms with van der Waals surface area (Å²) in [5.74, 6) is -4.96. The molecule has 4 rings (SSSR count). The molecule has 202 valence electrons. The van der Waals surface area contributed by atoms with Crippen molar-refractivity contribution in [1.29, 1.82) is 0 Å². The molecule has 2 aliphatic heterocycles. The zero-order valence-corrected chi connectivity index (χ0v) is 21.4. The third kappa shape index (κ3) is 6.14. The average Bonchev–Trinajstić information content (AvgIpc) is 2.80. The molecule has 2 aliphatic rings. The zero-order chi connectivity index (χ0) is 26.9. The first-order valence-corrected chi connectivity index (χ1v) is 12.6. The molecule has 1 saturated heterocycles. The fourth-order valence-electron chi connectivity index (χ4n) is 5.67. The summed E-state index contributed by atoms with van der Waals surface area (Å²) >= 11 is 0. The number of hydrogen-bond donors (Lipinski definition) is 0. The minimum absolute atomic E-state index is 0.228. The van der Waals surface area contributed by atoms with Gasteiger partial charge in [0.05, 0.1) is 31.9 Å². The van der Waals surface area contributed by atoms with Gasteiger partial charge in [-0.3, -0.25) is 9.29 Å². The van der Waals surface area contributed by atoms with E-state index < -0.39 is 42.2 Å². The van der Waals surface area contributed by atoms with Gasteiger partial charge in [0, 0.05) is 38.2 Å². The van der Waals surface area contributed by atoms with Crippen LogP contribution in [0.1, 0.15) is 58.9 Å². The van der Waals surface area contributed by atoms with Crippen molar-refractivity contribution in [3.63, 3.8) is 0 Å². The van der Waals surface area contributed by atoms with Crippen molar-refractivity contribution < 1.29 is 31.5 Å². The maximum absolute atomic E-state index is 15.6. The van der Waals surface area contributed by atoms with Crippen LogP contribution < -0.4 is 0 Å². The first-order valence-electron chi connectivity index (χ1n) is 12.6. The minimum Gasteiger partial charge on any atom is -0.465 e. The van der Waals surface area contributed by atoms with Crippen molar-refractivity contribution >= 4 is 5.97 Å². The molecule has 9 heteroatoms. The van der Waals surface area contributed by atoms with Gasteiger partial charge in [-0.2, -0.15) is 0 Å². The van der Waals surface area contributed by atoms with E-state index in [1.807, 2.05) is 0 Å². The van der Waals surface area contributed by atoms with E-state index in [0.717, 1.165) is 20.0 Å². The molecule has 2 aromatic carbocycles. The smallest absolute Gasteiger partial charge is 0.337 e. The van der Waals surface area contributed by atoms with Gasteiger partial charge in [0.25, 0.3) is 5.92 Å². The van der Waals surface area contributed by atoms with Crippen LogP contribution in [0.25, 0.3) is 0 Å². The van der Waals surface area contributed by atoms with E-state index in [1.54, 1.807) is 19.1 Å². The molecule has 0 amide bonds. The highest BCUT2D eigenvalue weighted by Gasteiger charge is 2.41. The molecular formula is C28H33F5N2O2. The Morgan fingerprint density at radius 3 is 2.41 bits per heavy atom. The number of likely N-dealkylation sites (tertiary alicyclic amines) is 1. The maximum atomic E-state index is 15.6. The molecule has 1 fully saturated rings. The summed E-state index contributed by atoms with van der Waals surface area (Å²) in [7, 11) is 1.26. The predicted octanol–water partition coefficient (Wildman–Crippen LogP) is 5.58. The lowest BCUT2D eigenvalue weighted by atomic mass is 9.83. The van der Waals surface area contributed by atoms with E-state index in [9.17, 15) is 18.0 Å². The van der Waals surface area contributed by atoms with Gasteiger partial charge in [-0.15, -0.1) is 0 Å². The van der Waals surface area contributed by atoms with Gasteiger partial charge in [-0.05, 0) is 73.1 Å². The number of nitrogens with zero attached hydrogens (tertiary/aromatic N) is 2. The van der Waals surface area contributed by atoms with Crippen molar-refractivity contribution in [2.45, 2.75) is 51.1 Å². The Bertz CT molecular complexity index is 1110. The van der Waals surface area contributed by atoms with Crippen LogP contribution in [0.3, 0.4) is 0 Å². The Morgan fingerprint density at radius 1 is 1.14 bits per heavy atom. The highest BCUT2D eigenvalue weighted by atomic mass is 19.3. The van der Waals surface area contributed by atoms with E-state index in [0.29, 0.717) is 48.1 Å². The molecule has 0 saturated carbocycles. The highest BCUT2D eigenvalue weighted by Crippen LogP contribution is 2.42. The largest absolute Gasteiger partial charge is 0.465 e. The number of esters is 1. The number of benzene rings is 2. The summed E-state index contributed by atoms with van der Waals surface area (Å²) in [5.41, 5.74) is 1.68. The third-order valence-corrected chi connectivity index (χ3v) is 7.31. The molecular weight excluding hydrogens is 491 g/mol. The molecule has 2 aromatic rings. The zero-order valence-electron chi connectivity index (χ0n) is 21.4. The Labute approximate surface area is 214 Å². The Kier molecular flexibility index (Phi) is 8.23. The van der Waals surface area contributed by atoms with Crippen molar-refractivity contribution in [2.24, 2.45) is 5.92 Å². The second kappa shape index (κ2) is 11.1. The summed E-state index contributed by atoms with van der Waals surface area (Å²) in [6.07, 6.45) is 1.30. The molecule has 37 heavy (non-hydrogen) atoms. The quantitative estimate of drug-likeness (QED) is 0.317. The van der Waals surface area contributed by atoms with Gasteiger partial charge in [-0.25, -0.2) is 22.4 Å². The van der Waals surface area contributed by atoms with Gasteiger partial charge in [0.2, 0.25) is 0 Å². The second-order valence-corrected chi connectivity index (χ2v) is 10.4. The Hall–Kier alpha value is -2.52. The van der Waals surface area contributed by atoms with Crippen molar-refractivity contribution in [1.82, 2.24) is 9.80 Å². The number of carbonyl (C=O) groups excluding carboxylic acids is 1. The predicted molar refractivity (Wildman–Crippen MR) is 131 cm³/mol. The molecule has 0 unspecified atom stereocenters. The van der Waals surface area contributed by atoms with Crippen LogP contribution in [0.5, 0.6) is 0 Å². The van der Waals surface area contributed by atoms with Crippen LogP contribution in [-0.2, 0) is 17.6 Å². The van der Waals surface area contributed by atoms with Crippen LogP contribution >= 0.6 is 0 Å². The lowest BCUT2D eigenvalue weighted by molar-refractivity contribution is -0.0371. The summed E-state index contributed by atoms with van der Waals surface area (Å²) in [4.78, 5) is 15.6. The molecule has 0 radical (unpaired) electrons. The van der Waals surface area contributed by atoms with E-state index in [4.69, 9.17) is 4.74 Å². The van der Waals surface area contributed by atoms with Gasteiger partial charge in [0.15, 0.2) is 0 Å². The normalized spacial score (nSPS) is 21.0. The molecule has 0 spiro atoms. The summed E-state index contributed by atoms with van der Waals surface area (Å²) in [5, 5.41) is 0. The number of halogens is 5.